The van der Waals surface area contributed by atoms with Crippen molar-refractivity contribution in [3.63, 3.8) is 0 Å². The minimum Gasteiger partial charge on any atom is -0.437 e. The Morgan fingerprint density at radius 1 is 1.71 bits per heavy atom. The number of rotatable bonds is 4. The summed E-state index contributed by atoms with van der Waals surface area (Å²) in [6.07, 6.45) is -0.770. The molecular formula is C7H10O6S. The Labute approximate surface area is 81.3 Å². The van der Waals surface area contributed by atoms with Gasteiger partial charge in [-0.15, -0.1) is 0 Å². The average molecular weight is 222 g/mol. The lowest BCUT2D eigenvalue weighted by molar-refractivity contribution is -0.141. The zero-order chi connectivity index (χ0) is 10.9. The first-order valence-electron chi connectivity index (χ1n) is 3.77. The minimum absolute atomic E-state index is 0.0549. The summed E-state index contributed by atoms with van der Waals surface area (Å²) >= 11 is 0. The van der Waals surface area contributed by atoms with Crippen molar-refractivity contribution in [2.24, 2.45) is 0 Å². The topological polar surface area (TPSA) is 93.2 Å². The molecule has 7 heteroatoms. The van der Waals surface area contributed by atoms with Crippen LogP contribution < -0.4 is 0 Å². The lowest BCUT2D eigenvalue weighted by atomic mass is 10.4. The molecule has 0 aromatic heterocycles. The van der Waals surface area contributed by atoms with Crippen LogP contribution in [0.25, 0.3) is 0 Å². The molecule has 1 aliphatic heterocycles. The van der Waals surface area contributed by atoms with Crippen molar-refractivity contribution in [1.29, 1.82) is 0 Å². The lowest BCUT2D eigenvalue weighted by Gasteiger charge is -2.12. The third kappa shape index (κ3) is 2.79. The Balaban J connectivity index is 2.71. The van der Waals surface area contributed by atoms with Gasteiger partial charge in [0, 0.05) is 5.57 Å². The zero-order valence-corrected chi connectivity index (χ0v) is 8.28. The van der Waals surface area contributed by atoms with Gasteiger partial charge in [-0.2, -0.15) is 8.42 Å². The predicted octanol–water partition coefficient (Wildman–Crippen LogP) is -0.282. The van der Waals surface area contributed by atoms with Crippen molar-refractivity contribution in [2.75, 3.05) is 6.61 Å². The predicted molar refractivity (Wildman–Crippen MR) is 46.0 cm³/mol. The molecule has 0 aliphatic carbocycles. The molecule has 0 amide bonds. The molecule has 0 aromatic rings. The quantitative estimate of drug-likeness (QED) is 0.304. The van der Waals surface area contributed by atoms with Crippen LogP contribution in [-0.4, -0.2) is 37.1 Å². The molecule has 6 nitrogen and oxygen atoms in total. The summed E-state index contributed by atoms with van der Waals surface area (Å²) in [5.41, 5.74) is -1.59. The molecular weight excluding hydrogens is 212 g/mol. The number of hydrogen-bond donors (Lipinski definition) is 1. The van der Waals surface area contributed by atoms with Gasteiger partial charge in [0.25, 0.3) is 5.44 Å². The second kappa shape index (κ2) is 3.68. The number of hydrogen-bond acceptors (Lipinski definition) is 5. The first-order chi connectivity index (χ1) is 6.32. The van der Waals surface area contributed by atoms with Crippen molar-refractivity contribution >= 4 is 16.1 Å². The van der Waals surface area contributed by atoms with Crippen molar-refractivity contribution in [3.8, 4) is 0 Å². The monoisotopic (exact) mass is 222 g/mol. The van der Waals surface area contributed by atoms with Crippen LogP contribution in [-0.2, 0) is 24.4 Å². The van der Waals surface area contributed by atoms with Gasteiger partial charge < -0.3 is 9.47 Å². The Morgan fingerprint density at radius 2 is 2.21 bits per heavy atom. The third-order valence-electron chi connectivity index (χ3n) is 1.53. The molecule has 1 N–H and O–H groups in total. The number of ether oxygens (including phenoxy) is 2. The van der Waals surface area contributed by atoms with Crippen LogP contribution in [0, 0.1) is 0 Å². The van der Waals surface area contributed by atoms with Gasteiger partial charge in [-0.3, -0.25) is 4.55 Å². The molecule has 1 fully saturated rings. The molecule has 2 unspecified atom stereocenters. The van der Waals surface area contributed by atoms with Gasteiger partial charge in [0.15, 0.2) is 0 Å². The summed E-state index contributed by atoms with van der Waals surface area (Å²) in [5.74, 6) is -0.872. The van der Waals surface area contributed by atoms with Gasteiger partial charge >= 0.3 is 16.1 Å². The fourth-order valence-electron chi connectivity index (χ4n) is 0.747. The number of epoxide rings is 1. The van der Waals surface area contributed by atoms with E-state index in [-0.39, 0.29) is 12.2 Å². The molecule has 0 saturated carbocycles. The van der Waals surface area contributed by atoms with Crippen LogP contribution in [0.3, 0.4) is 0 Å². The molecule has 1 rings (SSSR count). The van der Waals surface area contributed by atoms with Crippen LogP contribution in [0.5, 0.6) is 0 Å². The van der Waals surface area contributed by atoms with Gasteiger partial charge in [0.05, 0.1) is 6.61 Å². The first-order valence-corrected chi connectivity index (χ1v) is 5.27. The van der Waals surface area contributed by atoms with Crippen LogP contribution in [0.2, 0.25) is 0 Å². The Bertz CT molecular complexity index is 352. The molecule has 14 heavy (non-hydrogen) atoms. The highest BCUT2D eigenvalue weighted by Crippen LogP contribution is 2.21. The SMILES string of the molecule is C=C(C)C(=O)OC(C1CO1)S(=O)(=O)O. The minimum atomic E-state index is -4.44. The maximum atomic E-state index is 11.0. The summed E-state index contributed by atoms with van der Waals surface area (Å²) in [4.78, 5) is 11.0. The highest BCUT2D eigenvalue weighted by atomic mass is 32.2. The van der Waals surface area contributed by atoms with E-state index in [9.17, 15) is 13.2 Å². The van der Waals surface area contributed by atoms with E-state index < -0.39 is 27.6 Å². The molecule has 0 aromatic carbocycles. The third-order valence-corrected chi connectivity index (χ3v) is 2.51. The van der Waals surface area contributed by atoms with E-state index in [4.69, 9.17) is 4.55 Å². The Kier molecular flexibility index (Phi) is 2.93. The van der Waals surface area contributed by atoms with E-state index in [0.29, 0.717) is 0 Å². The fourth-order valence-corrected chi connectivity index (χ4v) is 1.50. The maximum absolute atomic E-state index is 11.0. The second-order valence-electron chi connectivity index (χ2n) is 2.94. The van der Waals surface area contributed by atoms with E-state index in [2.05, 4.69) is 16.1 Å². The van der Waals surface area contributed by atoms with Gasteiger partial charge in [-0.1, -0.05) is 6.58 Å². The highest BCUT2D eigenvalue weighted by molar-refractivity contribution is 7.86. The van der Waals surface area contributed by atoms with Crippen molar-refractivity contribution < 1.29 is 27.2 Å². The first kappa shape index (κ1) is 11.2. The van der Waals surface area contributed by atoms with E-state index >= 15 is 0 Å². The summed E-state index contributed by atoms with van der Waals surface area (Å²) in [6, 6.07) is 0. The van der Waals surface area contributed by atoms with E-state index in [0.717, 1.165) is 0 Å². The van der Waals surface area contributed by atoms with Crippen LogP contribution >= 0.6 is 0 Å². The Morgan fingerprint density at radius 3 is 2.50 bits per heavy atom. The number of carbonyl (C=O) groups excluding carboxylic acids is 1. The largest absolute Gasteiger partial charge is 0.437 e. The number of esters is 1. The van der Waals surface area contributed by atoms with Crippen molar-refractivity contribution in [3.05, 3.63) is 12.2 Å². The molecule has 80 valence electrons. The van der Waals surface area contributed by atoms with Crippen LogP contribution in [0.1, 0.15) is 6.92 Å². The molecule has 0 spiro atoms. The fraction of sp³-hybridized carbons (Fsp3) is 0.571. The van der Waals surface area contributed by atoms with Gasteiger partial charge in [0.1, 0.15) is 6.10 Å². The van der Waals surface area contributed by atoms with Gasteiger partial charge in [-0.25, -0.2) is 4.79 Å². The second-order valence-corrected chi connectivity index (χ2v) is 4.44. The normalized spacial score (nSPS) is 22.6. The number of carbonyl (C=O) groups is 1. The maximum Gasteiger partial charge on any atom is 0.334 e. The highest BCUT2D eigenvalue weighted by Gasteiger charge is 2.44. The van der Waals surface area contributed by atoms with E-state index in [1.165, 1.54) is 6.92 Å². The molecule has 1 saturated heterocycles. The van der Waals surface area contributed by atoms with Gasteiger partial charge in [-0.05, 0) is 6.92 Å². The summed E-state index contributed by atoms with van der Waals surface area (Å²) < 4.78 is 39.3. The zero-order valence-electron chi connectivity index (χ0n) is 7.47. The average Bonchev–Trinajstić information content (AvgIpc) is 2.79. The Hall–Kier alpha value is -0.920. The van der Waals surface area contributed by atoms with Crippen LogP contribution in [0.15, 0.2) is 12.2 Å². The molecule has 0 radical (unpaired) electrons. The summed E-state index contributed by atoms with van der Waals surface area (Å²) in [5, 5.41) is 0. The molecule has 1 aliphatic rings. The van der Waals surface area contributed by atoms with E-state index in [1.54, 1.807) is 0 Å². The smallest absolute Gasteiger partial charge is 0.334 e. The van der Waals surface area contributed by atoms with Crippen molar-refractivity contribution in [2.45, 2.75) is 18.5 Å². The lowest BCUT2D eigenvalue weighted by Crippen LogP contribution is -2.32. The molecule has 0 bridgehead atoms. The molecule has 1 heterocycles. The van der Waals surface area contributed by atoms with Crippen molar-refractivity contribution in [1.82, 2.24) is 0 Å². The van der Waals surface area contributed by atoms with Crippen LogP contribution in [0.4, 0.5) is 0 Å². The van der Waals surface area contributed by atoms with Gasteiger partial charge in [0.2, 0.25) is 0 Å². The molecule has 2 atom stereocenters. The van der Waals surface area contributed by atoms with E-state index in [1.807, 2.05) is 0 Å². The summed E-state index contributed by atoms with van der Waals surface area (Å²) in [6.45, 7) is 4.80. The summed E-state index contributed by atoms with van der Waals surface area (Å²) in [7, 11) is -4.44. The standard InChI is InChI=1S/C7H10O6S/c1-4(2)6(8)13-7(5-3-12-5)14(9,10)11/h5,7H,1,3H2,2H3,(H,9,10,11).